The first-order valence-electron chi connectivity index (χ1n) is 7.58. The largest absolute Gasteiger partial charge is 0.353 e. The first-order chi connectivity index (χ1) is 8.77. The molecule has 0 bridgehead atoms. The molecule has 0 aromatic heterocycles. The predicted octanol–water partition coefficient (Wildman–Crippen LogP) is 1.41. The third-order valence-corrected chi connectivity index (χ3v) is 4.25. The average Bonchev–Trinajstić information content (AvgIpc) is 2.25. The van der Waals surface area contributed by atoms with Crippen molar-refractivity contribution in [1.82, 2.24) is 16.0 Å². The molecule has 19 heavy (non-hydrogen) atoms. The molecule has 2 aliphatic heterocycles. The second kappa shape index (κ2) is 5.41. The molecule has 2 rings (SSSR count). The summed E-state index contributed by atoms with van der Waals surface area (Å²) in [6.45, 7) is 10.8. The summed E-state index contributed by atoms with van der Waals surface area (Å²) in [6, 6.07) is 0.300. The number of piperidine rings is 2. The van der Waals surface area contributed by atoms with Gasteiger partial charge in [0.25, 0.3) is 0 Å². The average molecular weight is 267 g/mol. The number of hydrogen-bond acceptors (Lipinski definition) is 3. The molecular weight excluding hydrogens is 238 g/mol. The molecule has 2 fully saturated rings. The molecule has 0 radical (unpaired) electrons. The fourth-order valence-electron chi connectivity index (χ4n) is 3.83. The fourth-order valence-corrected chi connectivity index (χ4v) is 3.83. The van der Waals surface area contributed by atoms with Crippen molar-refractivity contribution >= 4 is 5.91 Å². The Morgan fingerprint density at radius 1 is 1.05 bits per heavy atom. The van der Waals surface area contributed by atoms with Crippen LogP contribution in [0.1, 0.15) is 53.4 Å². The third-order valence-electron chi connectivity index (χ3n) is 4.25. The van der Waals surface area contributed by atoms with E-state index in [0.29, 0.717) is 6.04 Å². The van der Waals surface area contributed by atoms with Crippen molar-refractivity contribution in [2.75, 3.05) is 13.1 Å². The van der Waals surface area contributed by atoms with Crippen LogP contribution >= 0.6 is 0 Å². The first-order valence-corrected chi connectivity index (χ1v) is 7.58. The maximum absolute atomic E-state index is 12.3. The van der Waals surface area contributed by atoms with Gasteiger partial charge in [0.15, 0.2) is 0 Å². The van der Waals surface area contributed by atoms with E-state index in [-0.39, 0.29) is 22.9 Å². The van der Waals surface area contributed by atoms with Gasteiger partial charge in [0.1, 0.15) is 0 Å². The predicted molar refractivity (Wildman–Crippen MR) is 78.1 cm³/mol. The van der Waals surface area contributed by atoms with Crippen LogP contribution in [0.25, 0.3) is 0 Å². The molecule has 4 nitrogen and oxygen atoms in total. The minimum absolute atomic E-state index is 0.0911. The Kier molecular flexibility index (Phi) is 4.21. The van der Waals surface area contributed by atoms with E-state index in [1.807, 2.05) is 0 Å². The van der Waals surface area contributed by atoms with Crippen LogP contribution < -0.4 is 16.0 Å². The maximum Gasteiger partial charge on any atom is 0.223 e. The Labute approximate surface area is 117 Å². The van der Waals surface area contributed by atoms with Crippen molar-refractivity contribution in [3.05, 3.63) is 0 Å². The molecule has 0 aromatic carbocycles. The normalized spacial score (nSPS) is 28.0. The van der Waals surface area contributed by atoms with Gasteiger partial charge in [-0.1, -0.05) is 0 Å². The van der Waals surface area contributed by atoms with Crippen molar-refractivity contribution in [2.24, 2.45) is 5.92 Å². The number of carbonyl (C=O) groups is 1. The zero-order chi connectivity index (χ0) is 14.1. The molecular formula is C15H29N3O. The Bertz CT molecular complexity index is 316. The van der Waals surface area contributed by atoms with E-state index in [2.05, 4.69) is 43.6 Å². The number of rotatable bonds is 2. The summed E-state index contributed by atoms with van der Waals surface area (Å²) in [4.78, 5) is 12.3. The van der Waals surface area contributed by atoms with E-state index in [9.17, 15) is 4.79 Å². The second-order valence-electron chi connectivity index (χ2n) is 7.53. The lowest BCUT2D eigenvalue weighted by Crippen LogP contribution is -2.62. The van der Waals surface area contributed by atoms with Crippen LogP contribution in [0.2, 0.25) is 0 Å². The minimum atomic E-state index is 0.0911. The maximum atomic E-state index is 12.3. The highest BCUT2D eigenvalue weighted by Gasteiger charge is 2.38. The van der Waals surface area contributed by atoms with Crippen LogP contribution in [-0.4, -0.2) is 36.1 Å². The quantitative estimate of drug-likeness (QED) is 0.709. The van der Waals surface area contributed by atoms with E-state index in [1.165, 1.54) is 0 Å². The molecule has 1 amide bonds. The van der Waals surface area contributed by atoms with Gasteiger partial charge in [-0.05, 0) is 66.5 Å². The van der Waals surface area contributed by atoms with Gasteiger partial charge in [0.2, 0.25) is 5.91 Å². The number of nitrogens with one attached hydrogen (secondary N) is 3. The highest BCUT2D eigenvalue weighted by Crippen LogP contribution is 2.28. The molecule has 0 atom stereocenters. The van der Waals surface area contributed by atoms with Crippen molar-refractivity contribution in [2.45, 2.75) is 70.5 Å². The van der Waals surface area contributed by atoms with Gasteiger partial charge in [-0.15, -0.1) is 0 Å². The molecule has 0 spiro atoms. The first kappa shape index (κ1) is 14.8. The summed E-state index contributed by atoms with van der Waals surface area (Å²) in [5.74, 6) is 0.474. The topological polar surface area (TPSA) is 53.2 Å². The fraction of sp³-hybridized carbons (Fsp3) is 0.933. The summed E-state index contributed by atoms with van der Waals surface area (Å²) in [5, 5.41) is 10.3. The van der Waals surface area contributed by atoms with E-state index >= 15 is 0 Å². The summed E-state index contributed by atoms with van der Waals surface area (Å²) in [6.07, 6.45) is 3.97. The van der Waals surface area contributed by atoms with E-state index in [4.69, 9.17) is 0 Å². The van der Waals surface area contributed by atoms with Gasteiger partial charge in [-0.25, -0.2) is 0 Å². The van der Waals surface area contributed by atoms with Crippen molar-refractivity contribution in [3.63, 3.8) is 0 Å². The van der Waals surface area contributed by atoms with Crippen LogP contribution in [-0.2, 0) is 4.79 Å². The summed E-state index contributed by atoms with van der Waals surface area (Å²) >= 11 is 0. The van der Waals surface area contributed by atoms with Crippen molar-refractivity contribution in [1.29, 1.82) is 0 Å². The van der Waals surface area contributed by atoms with Gasteiger partial charge in [0.05, 0.1) is 0 Å². The molecule has 2 heterocycles. The highest BCUT2D eigenvalue weighted by atomic mass is 16.1. The molecule has 0 saturated carbocycles. The lowest BCUT2D eigenvalue weighted by Gasteiger charge is -2.47. The molecule has 0 aliphatic carbocycles. The van der Waals surface area contributed by atoms with Gasteiger partial charge in [-0.2, -0.15) is 0 Å². The molecule has 0 aromatic rings. The smallest absolute Gasteiger partial charge is 0.223 e. The van der Waals surface area contributed by atoms with Crippen LogP contribution in [0.15, 0.2) is 0 Å². The summed E-state index contributed by atoms with van der Waals surface area (Å²) < 4.78 is 0. The van der Waals surface area contributed by atoms with Gasteiger partial charge in [0, 0.05) is 23.0 Å². The highest BCUT2D eigenvalue weighted by molar-refractivity contribution is 5.79. The molecule has 2 aliphatic rings. The third kappa shape index (κ3) is 4.18. The van der Waals surface area contributed by atoms with E-state index < -0.39 is 0 Å². The minimum Gasteiger partial charge on any atom is -0.353 e. The van der Waals surface area contributed by atoms with Gasteiger partial charge >= 0.3 is 0 Å². The zero-order valence-electron chi connectivity index (χ0n) is 12.8. The molecule has 110 valence electrons. The number of hydrogen-bond donors (Lipinski definition) is 3. The van der Waals surface area contributed by atoms with Crippen molar-refractivity contribution in [3.8, 4) is 0 Å². The zero-order valence-corrected chi connectivity index (χ0v) is 12.8. The lowest BCUT2D eigenvalue weighted by atomic mass is 9.79. The van der Waals surface area contributed by atoms with Crippen LogP contribution in [0.4, 0.5) is 0 Å². The second-order valence-corrected chi connectivity index (χ2v) is 7.53. The molecule has 0 unspecified atom stereocenters. The van der Waals surface area contributed by atoms with Crippen molar-refractivity contribution < 1.29 is 4.79 Å². The van der Waals surface area contributed by atoms with E-state index in [1.54, 1.807) is 0 Å². The Morgan fingerprint density at radius 2 is 1.58 bits per heavy atom. The summed E-state index contributed by atoms with van der Waals surface area (Å²) in [7, 11) is 0. The number of carbonyl (C=O) groups excluding carboxylic acids is 1. The summed E-state index contributed by atoms with van der Waals surface area (Å²) in [5.41, 5.74) is 0.182. The molecule has 3 N–H and O–H groups in total. The SMILES string of the molecule is CC1(C)CC(NC(=O)C2CCNCC2)CC(C)(C)N1. The molecule has 4 heteroatoms. The Balaban J connectivity index is 1.92. The molecule has 2 saturated heterocycles. The van der Waals surface area contributed by atoms with Gasteiger partial charge in [-0.3, -0.25) is 4.79 Å². The van der Waals surface area contributed by atoms with Gasteiger partial charge < -0.3 is 16.0 Å². The van der Waals surface area contributed by atoms with E-state index in [0.717, 1.165) is 38.8 Å². The Morgan fingerprint density at radius 3 is 2.11 bits per heavy atom. The number of amides is 1. The monoisotopic (exact) mass is 267 g/mol. The van der Waals surface area contributed by atoms with Crippen LogP contribution in [0.5, 0.6) is 0 Å². The lowest BCUT2D eigenvalue weighted by molar-refractivity contribution is -0.127. The van der Waals surface area contributed by atoms with Crippen LogP contribution in [0, 0.1) is 5.92 Å². The standard InChI is InChI=1S/C15H29N3O/c1-14(2)9-12(10-15(3,4)18-14)17-13(19)11-5-7-16-8-6-11/h11-12,16,18H,5-10H2,1-4H3,(H,17,19). The van der Waals surface area contributed by atoms with Crippen LogP contribution in [0.3, 0.4) is 0 Å². The Hall–Kier alpha value is -0.610.